The summed E-state index contributed by atoms with van der Waals surface area (Å²) in [7, 11) is 0. The summed E-state index contributed by atoms with van der Waals surface area (Å²) in [4.78, 5) is 31.4. The van der Waals surface area contributed by atoms with Gasteiger partial charge in [-0.3, -0.25) is 4.79 Å². The van der Waals surface area contributed by atoms with E-state index in [9.17, 15) is 9.59 Å². The van der Waals surface area contributed by atoms with Crippen LogP contribution in [0, 0.1) is 6.92 Å². The van der Waals surface area contributed by atoms with Crippen LogP contribution in [0.3, 0.4) is 0 Å². The van der Waals surface area contributed by atoms with Crippen LogP contribution in [0.1, 0.15) is 28.8 Å². The third kappa shape index (κ3) is 6.61. The Bertz CT molecular complexity index is 1210. The highest BCUT2D eigenvalue weighted by Gasteiger charge is 2.27. The molecule has 0 radical (unpaired) electrons. The number of aryl methyl sites for hydroxylation is 1. The molecule has 1 N–H and O–H groups in total. The number of amides is 3. The van der Waals surface area contributed by atoms with E-state index in [0.29, 0.717) is 43.4 Å². The predicted octanol–water partition coefficient (Wildman–Crippen LogP) is 5.03. The largest absolute Gasteiger partial charge is 0.454 e. The molecule has 3 amide bonds. The molecule has 8 nitrogen and oxygen atoms in total. The minimum Gasteiger partial charge on any atom is -0.454 e. The summed E-state index contributed by atoms with van der Waals surface area (Å²) in [6.07, 6.45) is 1.76. The van der Waals surface area contributed by atoms with Gasteiger partial charge in [0.05, 0.1) is 12.6 Å². The fourth-order valence-corrected chi connectivity index (χ4v) is 5.16. The van der Waals surface area contributed by atoms with Gasteiger partial charge in [-0.2, -0.15) is 0 Å². The highest BCUT2D eigenvalue weighted by atomic mass is 32.1. The lowest BCUT2D eigenvalue weighted by atomic mass is 10.1. The van der Waals surface area contributed by atoms with Gasteiger partial charge in [0.2, 0.25) is 12.7 Å². The quantitative estimate of drug-likeness (QED) is 0.427. The van der Waals surface area contributed by atoms with Crippen LogP contribution in [0.15, 0.2) is 60.0 Å². The molecule has 3 heterocycles. The number of hydrogen-bond acceptors (Lipinski definition) is 6. The SMILES string of the molecule is Cc1ccc(NC(=O)N(CC(=O)N(Cc2ccc3c(c2)OCO3)Cc2cccs2)CC2CCCO2)cc1. The molecule has 0 aliphatic carbocycles. The summed E-state index contributed by atoms with van der Waals surface area (Å²) in [5, 5.41) is 4.94. The van der Waals surface area contributed by atoms with Gasteiger partial charge in [-0.15, -0.1) is 11.3 Å². The molecule has 1 saturated heterocycles. The Morgan fingerprint density at radius 1 is 1.03 bits per heavy atom. The lowest BCUT2D eigenvalue weighted by molar-refractivity contribution is -0.133. The number of rotatable bonds is 9. The van der Waals surface area contributed by atoms with Gasteiger partial charge in [-0.05, 0) is 61.0 Å². The van der Waals surface area contributed by atoms with Gasteiger partial charge in [0.15, 0.2) is 11.5 Å². The highest BCUT2D eigenvalue weighted by molar-refractivity contribution is 7.09. The summed E-state index contributed by atoms with van der Waals surface area (Å²) in [5.41, 5.74) is 2.73. The van der Waals surface area contributed by atoms with Crippen molar-refractivity contribution in [1.29, 1.82) is 0 Å². The molecule has 9 heteroatoms. The first kappa shape index (κ1) is 25.1. The molecule has 2 aliphatic rings. The minimum atomic E-state index is -0.313. The van der Waals surface area contributed by atoms with Crippen LogP contribution < -0.4 is 14.8 Å². The molecule has 1 fully saturated rings. The summed E-state index contributed by atoms with van der Waals surface area (Å²) >= 11 is 1.60. The van der Waals surface area contributed by atoms with E-state index >= 15 is 0 Å². The van der Waals surface area contributed by atoms with E-state index in [4.69, 9.17) is 14.2 Å². The lowest BCUT2D eigenvalue weighted by Crippen LogP contribution is -2.46. The first-order valence-corrected chi connectivity index (χ1v) is 13.3. The van der Waals surface area contributed by atoms with Gasteiger partial charge < -0.3 is 29.3 Å². The van der Waals surface area contributed by atoms with Gasteiger partial charge in [0.25, 0.3) is 0 Å². The van der Waals surface area contributed by atoms with E-state index in [0.717, 1.165) is 28.8 Å². The number of carbonyl (C=O) groups excluding carboxylic acids is 2. The maximum absolute atomic E-state index is 13.7. The molecule has 0 bridgehead atoms. The number of nitrogens with one attached hydrogen (secondary N) is 1. The Hall–Kier alpha value is -3.56. The number of anilines is 1. The van der Waals surface area contributed by atoms with Crippen molar-refractivity contribution in [1.82, 2.24) is 9.80 Å². The van der Waals surface area contributed by atoms with Gasteiger partial charge in [0.1, 0.15) is 6.54 Å². The normalized spacial score (nSPS) is 16.0. The molecule has 0 spiro atoms. The van der Waals surface area contributed by atoms with Crippen molar-refractivity contribution in [3.8, 4) is 11.5 Å². The zero-order valence-corrected chi connectivity index (χ0v) is 21.7. The average molecular weight is 522 g/mol. The maximum Gasteiger partial charge on any atom is 0.322 e. The van der Waals surface area contributed by atoms with Crippen molar-refractivity contribution < 1.29 is 23.8 Å². The zero-order chi connectivity index (χ0) is 25.6. The molecule has 37 heavy (non-hydrogen) atoms. The molecule has 3 aromatic rings. The number of carbonyl (C=O) groups is 2. The summed E-state index contributed by atoms with van der Waals surface area (Å²) in [6.45, 7) is 4.04. The van der Waals surface area contributed by atoms with Gasteiger partial charge in [0, 0.05) is 30.3 Å². The number of ether oxygens (including phenoxy) is 3. The van der Waals surface area contributed by atoms with E-state index < -0.39 is 0 Å². The molecule has 2 aromatic carbocycles. The molecule has 1 unspecified atom stereocenters. The third-order valence-electron chi connectivity index (χ3n) is 6.45. The summed E-state index contributed by atoms with van der Waals surface area (Å²) < 4.78 is 16.7. The second kappa shape index (κ2) is 11.7. The van der Waals surface area contributed by atoms with Crippen LogP contribution in [0.2, 0.25) is 0 Å². The van der Waals surface area contributed by atoms with Crippen LogP contribution >= 0.6 is 11.3 Å². The van der Waals surface area contributed by atoms with Crippen LogP contribution in [0.5, 0.6) is 11.5 Å². The monoisotopic (exact) mass is 521 g/mol. The molecule has 1 aromatic heterocycles. The summed E-state index contributed by atoms with van der Waals surface area (Å²) in [6, 6.07) is 17.0. The van der Waals surface area contributed by atoms with Crippen molar-refractivity contribution in [2.45, 2.75) is 39.0 Å². The first-order chi connectivity index (χ1) is 18.0. The Morgan fingerprint density at radius 3 is 2.62 bits per heavy atom. The fraction of sp³-hybridized carbons (Fsp3) is 0.357. The second-order valence-electron chi connectivity index (χ2n) is 9.33. The van der Waals surface area contributed by atoms with Crippen molar-refractivity contribution in [3.63, 3.8) is 0 Å². The number of nitrogens with zero attached hydrogens (tertiary/aromatic N) is 2. The maximum atomic E-state index is 13.7. The van der Waals surface area contributed by atoms with Crippen molar-refractivity contribution >= 4 is 29.0 Å². The van der Waals surface area contributed by atoms with Gasteiger partial charge in [-0.25, -0.2) is 4.79 Å². The number of thiophene rings is 1. The van der Waals surface area contributed by atoms with Crippen molar-refractivity contribution in [2.75, 3.05) is 31.8 Å². The van der Waals surface area contributed by atoms with E-state index in [1.807, 2.05) is 66.9 Å². The van der Waals surface area contributed by atoms with Crippen LogP contribution in [-0.2, 0) is 22.6 Å². The molecular formula is C28H31N3O5S. The first-order valence-electron chi connectivity index (χ1n) is 12.5. The zero-order valence-electron chi connectivity index (χ0n) is 20.9. The van der Waals surface area contributed by atoms with E-state index in [-0.39, 0.29) is 31.4 Å². The topological polar surface area (TPSA) is 80.3 Å². The Labute approximate surface area is 220 Å². The fourth-order valence-electron chi connectivity index (χ4n) is 4.44. The highest BCUT2D eigenvalue weighted by Crippen LogP contribution is 2.33. The smallest absolute Gasteiger partial charge is 0.322 e. The number of benzene rings is 2. The molecular weight excluding hydrogens is 490 g/mol. The van der Waals surface area contributed by atoms with Crippen molar-refractivity contribution in [3.05, 3.63) is 76.0 Å². The standard InChI is InChI=1S/C28H31N3O5S/c1-20-6-9-22(10-7-20)29-28(33)31(16-23-4-2-12-34-23)18-27(32)30(17-24-5-3-13-37-24)15-21-8-11-25-26(14-21)36-19-35-25/h3,5-11,13-14,23H,2,4,12,15-19H2,1H3,(H,29,33). The average Bonchev–Trinajstić information content (AvgIpc) is 3.68. The second-order valence-corrected chi connectivity index (χ2v) is 10.4. The molecule has 1 atom stereocenters. The number of hydrogen-bond donors (Lipinski definition) is 1. The van der Waals surface area contributed by atoms with Crippen molar-refractivity contribution in [2.24, 2.45) is 0 Å². The minimum absolute atomic E-state index is 0.0481. The molecule has 5 rings (SSSR count). The number of urea groups is 1. The Balaban J connectivity index is 1.33. The molecule has 0 saturated carbocycles. The van der Waals surface area contributed by atoms with E-state index in [1.165, 1.54) is 0 Å². The van der Waals surface area contributed by atoms with E-state index in [1.54, 1.807) is 21.1 Å². The predicted molar refractivity (Wildman–Crippen MR) is 142 cm³/mol. The molecule has 194 valence electrons. The Kier molecular flexibility index (Phi) is 7.91. The van der Waals surface area contributed by atoms with Gasteiger partial charge in [-0.1, -0.05) is 29.8 Å². The van der Waals surface area contributed by atoms with Crippen LogP contribution in [-0.4, -0.2) is 54.3 Å². The van der Waals surface area contributed by atoms with Crippen LogP contribution in [0.4, 0.5) is 10.5 Å². The summed E-state index contributed by atoms with van der Waals surface area (Å²) in [5.74, 6) is 1.25. The Morgan fingerprint density at radius 2 is 1.86 bits per heavy atom. The van der Waals surface area contributed by atoms with Gasteiger partial charge >= 0.3 is 6.03 Å². The van der Waals surface area contributed by atoms with Crippen LogP contribution in [0.25, 0.3) is 0 Å². The molecule has 2 aliphatic heterocycles. The van der Waals surface area contributed by atoms with E-state index in [2.05, 4.69) is 5.32 Å². The number of fused-ring (bicyclic) bond motifs is 1. The lowest BCUT2D eigenvalue weighted by Gasteiger charge is -2.29. The third-order valence-corrected chi connectivity index (χ3v) is 7.32.